The van der Waals surface area contributed by atoms with Crippen LogP contribution in [0, 0.1) is 17.1 Å². The molecule has 0 fully saturated rings. The van der Waals surface area contributed by atoms with Crippen molar-refractivity contribution in [1.82, 2.24) is 0 Å². The summed E-state index contributed by atoms with van der Waals surface area (Å²) in [5, 5.41) is 8.55. The molecule has 1 N–H and O–H groups in total. The summed E-state index contributed by atoms with van der Waals surface area (Å²) in [6.07, 6.45) is 0. The number of sulfonamides is 1. The van der Waals surface area contributed by atoms with E-state index in [1.54, 1.807) is 12.1 Å². The molecular weight excluding hydrogens is 303 g/mol. The van der Waals surface area contributed by atoms with E-state index in [1.165, 1.54) is 12.1 Å². The van der Waals surface area contributed by atoms with E-state index < -0.39 is 15.8 Å². The van der Waals surface area contributed by atoms with Gasteiger partial charge in [-0.1, -0.05) is 17.7 Å². The Labute approximate surface area is 120 Å². The molecule has 0 aliphatic rings. The molecule has 0 radical (unpaired) electrons. The van der Waals surface area contributed by atoms with Gasteiger partial charge in [-0.05, 0) is 36.4 Å². The minimum atomic E-state index is -3.94. The second kappa shape index (κ2) is 5.49. The van der Waals surface area contributed by atoms with Gasteiger partial charge < -0.3 is 0 Å². The van der Waals surface area contributed by atoms with E-state index in [2.05, 4.69) is 4.72 Å². The predicted molar refractivity (Wildman–Crippen MR) is 73.4 cm³/mol. The van der Waals surface area contributed by atoms with Crippen molar-refractivity contribution in [3.05, 3.63) is 58.9 Å². The number of nitriles is 1. The van der Waals surface area contributed by atoms with Gasteiger partial charge in [0.2, 0.25) is 0 Å². The van der Waals surface area contributed by atoms with E-state index in [1.807, 2.05) is 6.07 Å². The third-order valence-corrected chi connectivity index (χ3v) is 4.29. The molecule has 0 heterocycles. The summed E-state index contributed by atoms with van der Waals surface area (Å²) in [7, 11) is -3.94. The maximum atomic E-state index is 12.9. The molecule has 0 bridgehead atoms. The smallest absolute Gasteiger partial charge is 0.263 e. The standard InChI is InChI=1S/C13H8ClFN2O2S/c14-12-7-10(15)4-5-13(12)20(18,19)17-11-3-1-2-9(6-11)8-16/h1-7,17H. The highest BCUT2D eigenvalue weighted by Gasteiger charge is 2.18. The average molecular weight is 311 g/mol. The summed E-state index contributed by atoms with van der Waals surface area (Å²) in [6, 6.07) is 10.9. The van der Waals surface area contributed by atoms with Crippen LogP contribution in [0.4, 0.5) is 10.1 Å². The Kier molecular flexibility index (Phi) is 3.93. The number of hydrogen-bond donors (Lipinski definition) is 1. The molecule has 0 saturated heterocycles. The van der Waals surface area contributed by atoms with Crippen LogP contribution in [0.1, 0.15) is 5.56 Å². The van der Waals surface area contributed by atoms with Crippen LogP contribution in [0.2, 0.25) is 5.02 Å². The summed E-state index contributed by atoms with van der Waals surface area (Å²) >= 11 is 5.73. The zero-order valence-electron chi connectivity index (χ0n) is 9.97. The number of anilines is 1. The Morgan fingerprint density at radius 1 is 1.20 bits per heavy atom. The molecule has 2 rings (SSSR count). The van der Waals surface area contributed by atoms with Crippen molar-refractivity contribution in [2.24, 2.45) is 0 Å². The van der Waals surface area contributed by atoms with Gasteiger partial charge in [-0.3, -0.25) is 4.72 Å². The molecule has 4 nitrogen and oxygen atoms in total. The average Bonchev–Trinajstić information content (AvgIpc) is 2.37. The van der Waals surface area contributed by atoms with Gasteiger partial charge in [0.25, 0.3) is 10.0 Å². The van der Waals surface area contributed by atoms with Crippen molar-refractivity contribution in [3.8, 4) is 6.07 Å². The second-order valence-electron chi connectivity index (χ2n) is 3.87. The molecule has 0 aliphatic heterocycles. The summed E-state index contributed by atoms with van der Waals surface area (Å²) in [6.45, 7) is 0. The zero-order chi connectivity index (χ0) is 14.8. The molecule has 0 atom stereocenters. The SMILES string of the molecule is N#Cc1cccc(NS(=O)(=O)c2ccc(F)cc2Cl)c1. The van der Waals surface area contributed by atoms with Gasteiger partial charge >= 0.3 is 0 Å². The fraction of sp³-hybridized carbons (Fsp3) is 0. The predicted octanol–water partition coefficient (Wildman–Crippen LogP) is 3.15. The summed E-state index contributed by atoms with van der Waals surface area (Å²) in [5.74, 6) is -0.625. The van der Waals surface area contributed by atoms with Crippen molar-refractivity contribution in [2.45, 2.75) is 4.90 Å². The Morgan fingerprint density at radius 2 is 1.95 bits per heavy atom. The van der Waals surface area contributed by atoms with Gasteiger partial charge in [0.05, 0.1) is 22.3 Å². The van der Waals surface area contributed by atoms with E-state index in [0.29, 0.717) is 5.56 Å². The van der Waals surface area contributed by atoms with Crippen LogP contribution < -0.4 is 4.72 Å². The third kappa shape index (κ3) is 3.07. The summed E-state index contributed by atoms with van der Waals surface area (Å²) in [5.41, 5.74) is 0.542. The van der Waals surface area contributed by atoms with Crippen molar-refractivity contribution in [1.29, 1.82) is 5.26 Å². The van der Waals surface area contributed by atoms with E-state index in [4.69, 9.17) is 16.9 Å². The van der Waals surface area contributed by atoms with E-state index >= 15 is 0 Å². The Bertz CT molecular complexity index is 800. The first-order chi connectivity index (χ1) is 9.42. The van der Waals surface area contributed by atoms with Crippen LogP contribution in [0.5, 0.6) is 0 Å². The topological polar surface area (TPSA) is 70.0 Å². The van der Waals surface area contributed by atoms with Gasteiger partial charge in [-0.15, -0.1) is 0 Å². The van der Waals surface area contributed by atoms with Crippen molar-refractivity contribution in [2.75, 3.05) is 4.72 Å². The van der Waals surface area contributed by atoms with Crippen molar-refractivity contribution in [3.63, 3.8) is 0 Å². The maximum Gasteiger partial charge on any atom is 0.263 e. The molecule has 20 heavy (non-hydrogen) atoms. The highest BCUT2D eigenvalue weighted by molar-refractivity contribution is 7.92. The van der Waals surface area contributed by atoms with Crippen molar-refractivity contribution < 1.29 is 12.8 Å². The fourth-order valence-corrected chi connectivity index (χ4v) is 3.14. The summed E-state index contributed by atoms with van der Waals surface area (Å²) in [4.78, 5) is -0.233. The van der Waals surface area contributed by atoms with E-state index in [9.17, 15) is 12.8 Å². The molecule has 0 unspecified atom stereocenters. The third-order valence-electron chi connectivity index (χ3n) is 2.43. The maximum absolute atomic E-state index is 12.9. The molecule has 102 valence electrons. The molecule has 0 aliphatic carbocycles. The highest BCUT2D eigenvalue weighted by atomic mass is 35.5. The Hall–Kier alpha value is -2.10. The van der Waals surface area contributed by atoms with Crippen molar-refractivity contribution >= 4 is 27.3 Å². The van der Waals surface area contributed by atoms with Crippen LogP contribution >= 0.6 is 11.6 Å². The van der Waals surface area contributed by atoms with E-state index in [-0.39, 0.29) is 15.6 Å². The Morgan fingerprint density at radius 3 is 2.60 bits per heavy atom. The minimum absolute atomic E-state index is 0.214. The van der Waals surface area contributed by atoms with Crippen LogP contribution in [0.15, 0.2) is 47.4 Å². The van der Waals surface area contributed by atoms with Crippen LogP contribution in [-0.4, -0.2) is 8.42 Å². The number of nitrogens with one attached hydrogen (secondary N) is 1. The van der Waals surface area contributed by atoms with Gasteiger partial charge in [-0.2, -0.15) is 5.26 Å². The lowest BCUT2D eigenvalue weighted by atomic mass is 10.2. The van der Waals surface area contributed by atoms with Crippen LogP contribution in [-0.2, 0) is 10.0 Å². The van der Waals surface area contributed by atoms with Gasteiger partial charge in [0.1, 0.15) is 10.7 Å². The number of rotatable bonds is 3. The first-order valence-corrected chi connectivity index (χ1v) is 7.26. The minimum Gasteiger partial charge on any atom is -0.280 e. The largest absolute Gasteiger partial charge is 0.280 e. The molecule has 0 spiro atoms. The van der Waals surface area contributed by atoms with E-state index in [0.717, 1.165) is 18.2 Å². The molecule has 0 amide bonds. The van der Waals surface area contributed by atoms with Gasteiger partial charge in [0.15, 0.2) is 0 Å². The number of halogens is 2. The summed E-state index contributed by atoms with van der Waals surface area (Å²) < 4.78 is 39.5. The normalized spacial score (nSPS) is 10.8. The number of nitrogens with zero attached hydrogens (tertiary/aromatic N) is 1. The molecule has 2 aromatic carbocycles. The number of benzene rings is 2. The number of hydrogen-bond acceptors (Lipinski definition) is 3. The lowest BCUT2D eigenvalue weighted by Gasteiger charge is -2.09. The van der Waals surface area contributed by atoms with Crippen LogP contribution in [0.25, 0.3) is 0 Å². The molecular formula is C13H8ClFN2O2S. The molecule has 2 aromatic rings. The quantitative estimate of drug-likeness (QED) is 0.946. The zero-order valence-corrected chi connectivity index (χ0v) is 11.5. The fourth-order valence-electron chi connectivity index (χ4n) is 1.56. The monoisotopic (exact) mass is 310 g/mol. The molecule has 0 aromatic heterocycles. The molecule has 7 heteroatoms. The molecule has 0 saturated carbocycles. The second-order valence-corrected chi connectivity index (χ2v) is 5.93. The first-order valence-electron chi connectivity index (χ1n) is 5.40. The van der Waals surface area contributed by atoms with Crippen LogP contribution in [0.3, 0.4) is 0 Å². The van der Waals surface area contributed by atoms with Gasteiger partial charge in [0, 0.05) is 0 Å². The first kappa shape index (κ1) is 14.3. The lowest BCUT2D eigenvalue weighted by Crippen LogP contribution is -2.13. The Balaban J connectivity index is 2.38. The lowest BCUT2D eigenvalue weighted by molar-refractivity contribution is 0.600. The highest BCUT2D eigenvalue weighted by Crippen LogP contribution is 2.24. The van der Waals surface area contributed by atoms with Gasteiger partial charge in [-0.25, -0.2) is 12.8 Å².